The fourth-order valence-electron chi connectivity index (χ4n) is 1.77. The van der Waals surface area contributed by atoms with Crippen LogP contribution in [0, 0.1) is 13.8 Å². The molecule has 0 radical (unpaired) electrons. The van der Waals surface area contributed by atoms with Gasteiger partial charge in [0.1, 0.15) is 17.4 Å². The van der Waals surface area contributed by atoms with Gasteiger partial charge in [0, 0.05) is 11.4 Å². The average molecular weight is 293 g/mol. The van der Waals surface area contributed by atoms with Crippen LogP contribution in [0.1, 0.15) is 23.9 Å². The van der Waals surface area contributed by atoms with E-state index in [2.05, 4.69) is 15.4 Å². The molecule has 2 rings (SSSR count). The summed E-state index contributed by atoms with van der Waals surface area (Å²) in [6.45, 7) is 5.76. The fourth-order valence-corrected chi connectivity index (χ4v) is 2.00. The molecule has 0 aliphatic carbocycles. The lowest BCUT2D eigenvalue weighted by atomic mass is 10.2. The Bertz CT molecular complexity index is 631. The predicted octanol–water partition coefficient (Wildman–Crippen LogP) is 3.39. The van der Waals surface area contributed by atoms with E-state index < -0.39 is 0 Å². The number of ether oxygens (including phenoxy) is 1. The third-order valence-corrected chi connectivity index (χ3v) is 3.18. The van der Waals surface area contributed by atoms with E-state index in [1.165, 1.54) is 0 Å². The first-order valence-corrected chi connectivity index (χ1v) is 6.71. The van der Waals surface area contributed by atoms with E-state index in [1.54, 1.807) is 6.07 Å². The lowest BCUT2D eigenvalue weighted by Crippen LogP contribution is -2.13. The summed E-state index contributed by atoms with van der Waals surface area (Å²) < 4.78 is 5.87. The van der Waals surface area contributed by atoms with Gasteiger partial charge in [-0.15, -0.1) is 0 Å². The molecule has 3 N–H and O–H groups in total. The molecule has 106 valence electrons. The van der Waals surface area contributed by atoms with Crippen LogP contribution in [0.25, 0.3) is 0 Å². The van der Waals surface area contributed by atoms with Gasteiger partial charge in [0.05, 0.1) is 5.56 Å². The summed E-state index contributed by atoms with van der Waals surface area (Å²) in [5.74, 6) is 7.92. The molecule has 0 atom stereocenters. The highest BCUT2D eigenvalue weighted by Crippen LogP contribution is 2.30. The van der Waals surface area contributed by atoms with Gasteiger partial charge in [-0.1, -0.05) is 18.5 Å². The molecule has 0 bridgehead atoms. The Balaban J connectivity index is 2.42. The number of benzene rings is 1. The predicted molar refractivity (Wildman–Crippen MR) is 80.2 cm³/mol. The highest BCUT2D eigenvalue weighted by molar-refractivity contribution is 6.30. The summed E-state index contributed by atoms with van der Waals surface area (Å²) in [5.41, 5.74) is 4.27. The van der Waals surface area contributed by atoms with Crippen LogP contribution in [-0.4, -0.2) is 9.97 Å². The Labute approximate surface area is 123 Å². The van der Waals surface area contributed by atoms with Gasteiger partial charge in [-0.05, 0) is 37.6 Å². The molecule has 0 fully saturated rings. The molecule has 20 heavy (non-hydrogen) atoms. The second-order valence-electron chi connectivity index (χ2n) is 4.43. The van der Waals surface area contributed by atoms with Crippen LogP contribution in [0.15, 0.2) is 18.2 Å². The highest BCUT2D eigenvalue weighted by Gasteiger charge is 2.12. The third kappa shape index (κ3) is 3.00. The van der Waals surface area contributed by atoms with Crippen molar-refractivity contribution in [2.75, 3.05) is 5.43 Å². The van der Waals surface area contributed by atoms with E-state index in [1.807, 2.05) is 32.9 Å². The number of aromatic nitrogens is 2. The maximum atomic E-state index is 5.94. The van der Waals surface area contributed by atoms with E-state index in [4.69, 9.17) is 22.2 Å². The summed E-state index contributed by atoms with van der Waals surface area (Å²) in [6.07, 6.45) is 0.699. The first-order chi connectivity index (χ1) is 9.55. The van der Waals surface area contributed by atoms with Crippen LogP contribution in [0.2, 0.25) is 5.02 Å². The van der Waals surface area contributed by atoms with E-state index in [0.717, 1.165) is 11.1 Å². The average Bonchev–Trinajstić information content (AvgIpc) is 2.43. The molecular weight excluding hydrogens is 276 g/mol. The van der Waals surface area contributed by atoms with Crippen LogP contribution in [0.3, 0.4) is 0 Å². The van der Waals surface area contributed by atoms with E-state index in [0.29, 0.717) is 34.7 Å². The number of rotatable bonds is 4. The molecule has 6 heteroatoms. The molecule has 0 saturated carbocycles. The second-order valence-corrected chi connectivity index (χ2v) is 4.86. The minimum Gasteiger partial charge on any atom is -0.438 e. The number of anilines is 1. The van der Waals surface area contributed by atoms with Gasteiger partial charge in [-0.2, -0.15) is 4.98 Å². The van der Waals surface area contributed by atoms with Crippen molar-refractivity contribution < 1.29 is 4.74 Å². The van der Waals surface area contributed by atoms with Gasteiger partial charge < -0.3 is 10.2 Å². The zero-order valence-corrected chi connectivity index (χ0v) is 12.5. The van der Waals surface area contributed by atoms with Gasteiger partial charge in [0.15, 0.2) is 0 Å². The summed E-state index contributed by atoms with van der Waals surface area (Å²) in [4.78, 5) is 8.70. The Kier molecular flexibility index (Phi) is 4.42. The number of hydrazine groups is 1. The largest absolute Gasteiger partial charge is 0.438 e. The van der Waals surface area contributed by atoms with Gasteiger partial charge >= 0.3 is 0 Å². The quantitative estimate of drug-likeness (QED) is 0.667. The summed E-state index contributed by atoms with van der Waals surface area (Å²) in [5, 5.41) is 0.674. The van der Waals surface area contributed by atoms with Gasteiger partial charge in [0.25, 0.3) is 0 Å². The number of hydrogen-bond acceptors (Lipinski definition) is 5. The number of nitrogens with one attached hydrogen (secondary N) is 1. The molecule has 0 aliphatic rings. The minimum absolute atomic E-state index is 0.496. The van der Waals surface area contributed by atoms with Crippen molar-refractivity contribution in [3.63, 3.8) is 0 Å². The zero-order chi connectivity index (χ0) is 14.7. The number of aryl methyl sites for hydroxylation is 2. The van der Waals surface area contributed by atoms with Crippen molar-refractivity contribution in [2.24, 2.45) is 5.84 Å². The minimum atomic E-state index is 0.496. The summed E-state index contributed by atoms with van der Waals surface area (Å²) in [7, 11) is 0. The summed E-state index contributed by atoms with van der Waals surface area (Å²) in [6, 6.07) is 5.44. The van der Waals surface area contributed by atoms with Crippen molar-refractivity contribution in [1.29, 1.82) is 0 Å². The van der Waals surface area contributed by atoms with Crippen molar-refractivity contribution >= 4 is 17.4 Å². The van der Waals surface area contributed by atoms with Crippen LogP contribution in [-0.2, 0) is 6.42 Å². The third-order valence-electron chi connectivity index (χ3n) is 2.94. The van der Waals surface area contributed by atoms with Crippen LogP contribution in [0.4, 0.5) is 5.82 Å². The molecule has 0 unspecified atom stereocenters. The molecule has 1 aromatic carbocycles. The van der Waals surface area contributed by atoms with E-state index >= 15 is 0 Å². The Morgan fingerprint density at radius 1 is 1.30 bits per heavy atom. The molecule has 2 aromatic rings. The maximum absolute atomic E-state index is 5.94. The normalized spacial score (nSPS) is 10.4. The molecule has 0 saturated heterocycles. The number of halogens is 1. The van der Waals surface area contributed by atoms with Gasteiger partial charge in [-0.25, -0.2) is 10.8 Å². The molecular formula is C14H17ClN4O. The molecule has 5 nitrogen and oxygen atoms in total. The second kappa shape index (κ2) is 6.07. The smallest absolute Gasteiger partial charge is 0.227 e. The molecule has 0 aliphatic heterocycles. The number of hydrogen-bond donors (Lipinski definition) is 2. The summed E-state index contributed by atoms with van der Waals surface area (Å²) >= 11 is 5.94. The van der Waals surface area contributed by atoms with Crippen LogP contribution < -0.4 is 16.0 Å². The lowest BCUT2D eigenvalue weighted by molar-refractivity contribution is 0.452. The molecule has 1 aromatic heterocycles. The lowest BCUT2D eigenvalue weighted by Gasteiger charge is -2.13. The Morgan fingerprint density at radius 3 is 2.65 bits per heavy atom. The van der Waals surface area contributed by atoms with Gasteiger partial charge in [0.2, 0.25) is 5.88 Å². The topological polar surface area (TPSA) is 73.1 Å². The first-order valence-electron chi connectivity index (χ1n) is 6.33. The van der Waals surface area contributed by atoms with Crippen LogP contribution in [0.5, 0.6) is 11.6 Å². The van der Waals surface area contributed by atoms with E-state index in [9.17, 15) is 0 Å². The molecule has 0 spiro atoms. The maximum Gasteiger partial charge on any atom is 0.227 e. The van der Waals surface area contributed by atoms with Crippen molar-refractivity contribution in [2.45, 2.75) is 27.2 Å². The monoisotopic (exact) mass is 292 g/mol. The van der Waals surface area contributed by atoms with Crippen molar-refractivity contribution in [3.8, 4) is 11.6 Å². The molecule has 1 heterocycles. The van der Waals surface area contributed by atoms with E-state index in [-0.39, 0.29) is 0 Å². The number of nitrogen functional groups attached to an aromatic ring is 1. The Hall–Kier alpha value is -1.85. The molecule has 0 amide bonds. The Morgan fingerprint density at radius 2 is 2.05 bits per heavy atom. The van der Waals surface area contributed by atoms with Gasteiger partial charge in [-0.3, -0.25) is 0 Å². The van der Waals surface area contributed by atoms with Crippen molar-refractivity contribution in [3.05, 3.63) is 40.2 Å². The van der Waals surface area contributed by atoms with Crippen LogP contribution >= 0.6 is 11.6 Å². The zero-order valence-electron chi connectivity index (χ0n) is 11.7. The SMILES string of the molecule is CCc1nc(NN)c(C)c(Oc2ccc(Cl)cc2C)n1. The number of nitrogens with two attached hydrogens (primary N) is 1. The highest BCUT2D eigenvalue weighted by atomic mass is 35.5. The number of nitrogens with zero attached hydrogens (tertiary/aromatic N) is 2. The fraction of sp³-hybridized carbons (Fsp3) is 0.286. The van der Waals surface area contributed by atoms with Crippen molar-refractivity contribution in [1.82, 2.24) is 9.97 Å². The first kappa shape index (κ1) is 14.6. The standard InChI is InChI=1S/C14H17ClN4O/c1-4-12-17-13(19-16)9(3)14(18-12)20-11-6-5-10(15)7-8(11)2/h5-7H,4,16H2,1-3H3,(H,17,18,19).